The standard InChI is InChI=1S/C24H19ClN2O4/c25-20-7-4-8-22(15-20)30-17-23(28)27-26-16-19-9-12-21(13-10-19)31-24(29)14-11-18-5-2-1-3-6-18/h1-16H,17H2,(H,27,28)/b14-11+,26-16-. The lowest BCUT2D eigenvalue weighted by molar-refractivity contribution is -0.129. The fourth-order valence-corrected chi connectivity index (χ4v) is 2.60. The van der Waals surface area contributed by atoms with E-state index in [2.05, 4.69) is 10.5 Å². The van der Waals surface area contributed by atoms with E-state index in [0.29, 0.717) is 16.5 Å². The Morgan fingerprint density at radius 3 is 2.42 bits per heavy atom. The summed E-state index contributed by atoms with van der Waals surface area (Å²) < 4.78 is 10.6. The highest BCUT2D eigenvalue weighted by molar-refractivity contribution is 6.30. The molecule has 0 unspecified atom stereocenters. The average molecular weight is 435 g/mol. The number of hydrogen-bond acceptors (Lipinski definition) is 5. The van der Waals surface area contributed by atoms with Crippen molar-refractivity contribution in [2.45, 2.75) is 0 Å². The molecule has 3 aromatic rings. The van der Waals surface area contributed by atoms with E-state index in [1.165, 1.54) is 12.3 Å². The van der Waals surface area contributed by atoms with E-state index in [4.69, 9.17) is 21.1 Å². The topological polar surface area (TPSA) is 77.0 Å². The molecule has 0 radical (unpaired) electrons. The first-order chi connectivity index (χ1) is 15.1. The summed E-state index contributed by atoms with van der Waals surface area (Å²) in [6, 6.07) is 22.9. The van der Waals surface area contributed by atoms with Crippen LogP contribution in [-0.4, -0.2) is 24.7 Å². The molecule has 7 heteroatoms. The van der Waals surface area contributed by atoms with Crippen LogP contribution >= 0.6 is 11.6 Å². The van der Waals surface area contributed by atoms with Gasteiger partial charge in [0.15, 0.2) is 6.61 Å². The van der Waals surface area contributed by atoms with Crippen molar-refractivity contribution in [3.63, 3.8) is 0 Å². The Morgan fingerprint density at radius 2 is 1.68 bits per heavy atom. The van der Waals surface area contributed by atoms with Crippen LogP contribution in [-0.2, 0) is 9.59 Å². The van der Waals surface area contributed by atoms with Gasteiger partial charge in [-0.05, 0) is 59.7 Å². The Hall–Kier alpha value is -3.90. The average Bonchev–Trinajstić information content (AvgIpc) is 2.78. The summed E-state index contributed by atoms with van der Waals surface area (Å²) in [5.41, 5.74) is 4.00. The van der Waals surface area contributed by atoms with Gasteiger partial charge in [-0.15, -0.1) is 0 Å². The molecular formula is C24H19ClN2O4. The van der Waals surface area contributed by atoms with Crippen LogP contribution in [0.5, 0.6) is 11.5 Å². The molecule has 0 saturated carbocycles. The van der Waals surface area contributed by atoms with Gasteiger partial charge in [-0.25, -0.2) is 10.2 Å². The molecule has 31 heavy (non-hydrogen) atoms. The largest absolute Gasteiger partial charge is 0.484 e. The lowest BCUT2D eigenvalue weighted by Crippen LogP contribution is -2.24. The summed E-state index contributed by atoms with van der Waals surface area (Å²) in [6.45, 7) is -0.191. The van der Waals surface area contributed by atoms with Gasteiger partial charge in [0.05, 0.1) is 6.21 Å². The Balaban J connectivity index is 1.43. The van der Waals surface area contributed by atoms with E-state index in [1.807, 2.05) is 30.3 Å². The third-order valence-electron chi connectivity index (χ3n) is 3.88. The molecule has 3 aromatic carbocycles. The zero-order chi connectivity index (χ0) is 21.9. The van der Waals surface area contributed by atoms with Crippen molar-refractivity contribution in [3.8, 4) is 11.5 Å². The van der Waals surface area contributed by atoms with Crippen LogP contribution in [0.25, 0.3) is 6.08 Å². The molecule has 0 fully saturated rings. The maximum Gasteiger partial charge on any atom is 0.336 e. The summed E-state index contributed by atoms with van der Waals surface area (Å²) in [4.78, 5) is 23.7. The van der Waals surface area contributed by atoms with E-state index in [-0.39, 0.29) is 6.61 Å². The lowest BCUT2D eigenvalue weighted by atomic mass is 10.2. The van der Waals surface area contributed by atoms with Crippen molar-refractivity contribution in [1.29, 1.82) is 0 Å². The van der Waals surface area contributed by atoms with Crippen LogP contribution in [0.4, 0.5) is 0 Å². The number of esters is 1. The number of ether oxygens (including phenoxy) is 2. The van der Waals surface area contributed by atoms with Crippen LogP contribution in [0.1, 0.15) is 11.1 Å². The predicted octanol–water partition coefficient (Wildman–Crippen LogP) is 4.49. The molecule has 0 atom stereocenters. The number of benzene rings is 3. The molecule has 156 valence electrons. The van der Waals surface area contributed by atoms with Gasteiger partial charge in [0.1, 0.15) is 11.5 Å². The Bertz CT molecular complexity index is 1080. The third kappa shape index (κ3) is 7.79. The van der Waals surface area contributed by atoms with Crippen molar-refractivity contribution in [1.82, 2.24) is 5.43 Å². The van der Waals surface area contributed by atoms with Gasteiger partial charge in [-0.2, -0.15) is 5.10 Å². The van der Waals surface area contributed by atoms with Gasteiger partial charge in [0.25, 0.3) is 5.91 Å². The second kappa shape index (κ2) is 11.3. The highest BCUT2D eigenvalue weighted by Crippen LogP contribution is 2.16. The number of carbonyl (C=O) groups is 2. The third-order valence-corrected chi connectivity index (χ3v) is 4.11. The first kappa shape index (κ1) is 21.8. The predicted molar refractivity (Wildman–Crippen MR) is 120 cm³/mol. The molecule has 0 saturated heterocycles. The smallest absolute Gasteiger partial charge is 0.336 e. The van der Waals surface area contributed by atoms with E-state index in [0.717, 1.165) is 11.1 Å². The summed E-state index contributed by atoms with van der Waals surface area (Å²) in [5, 5.41) is 4.40. The molecule has 0 spiro atoms. The fraction of sp³-hybridized carbons (Fsp3) is 0.0417. The van der Waals surface area contributed by atoms with Gasteiger partial charge in [0, 0.05) is 11.1 Å². The minimum atomic E-state index is -0.475. The van der Waals surface area contributed by atoms with Crippen molar-refractivity contribution < 1.29 is 19.1 Å². The highest BCUT2D eigenvalue weighted by atomic mass is 35.5. The number of amides is 1. The molecule has 0 heterocycles. The molecule has 0 bridgehead atoms. The van der Waals surface area contributed by atoms with Crippen molar-refractivity contribution in [2.75, 3.05) is 6.61 Å². The zero-order valence-electron chi connectivity index (χ0n) is 16.4. The monoisotopic (exact) mass is 434 g/mol. The first-order valence-corrected chi connectivity index (χ1v) is 9.71. The minimum Gasteiger partial charge on any atom is -0.484 e. The molecule has 3 rings (SSSR count). The minimum absolute atomic E-state index is 0.191. The van der Waals surface area contributed by atoms with E-state index < -0.39 is 11.9 Å². The summed E-state index contributed by atoms with van der Waals surface area (Å²) in [7, 11) is 0. The van der Waals surface area contributed by atoms with Crippen molar-refractivity contribution >= 4 is 35.8 Å². The van der Waals surface area contributed by atoms with Crippen LogP contribution in [0.15, 0.2) is 90.0 Å². The summed E-state index contributed by atoms with van der Waals surface area (Å²) in [5.74, 6) is 0.0124. The van der Waals surface area contributed by atoms with E-state index in [9.17, 15) is 9.59 Å². The number of rotatable bonds is 8. The Morgan fingerprint density at radius 1 is 0.903 bits per heavy atom. The molecule has 0 aromatic heterocycles. The van der Waals surface area contributed by atoms with Gasteiger partial charge in [-0.1, -0.05) is 48.0 Å². The van der Waals surface area contributed by atoms with Crippen LogP contribution in [0, 0.1) is 0 Å². The van der Waals surface area contributed by atoms with Gasteiger partial charge in [-0.3, -0.25) is 4.79 Å². The number of halogens is 1. The molecule has 6 nitrogen and oxygen atoms in total. The number of nitrogens with one attached hydrogen (secondary N) is 1. The molecule has 0 aliphatic carbocycles. The van der Waals surface area contributed by atoms with Crippen LogP contribution in [0.3, 0.4) is 0 Å². The van der Waals surface area contributed by atoms with Crippen molar-refractivity contribution in [2.24, 2.45) is 5.10 Å². The molecular weight excluding hydrogens is 416 g/mol. The fourth-order valence-electron chi connectivity index (χ4n) is 2.42. The summed E-state index contributed by atoms with van der Waals surface area (Å²) in [6.07, 6.45) is 4.52. The molecule has 0 aliphatic rings. The molecule has 1 amide bonds. The van der Waals surface area contributed by atoms with Gasteiger partial charge in [0.2, 0.25) is 0 Å². The quantitative estimate of drug-likeness (QED) is 0.186. The number of nitrogens with zero attached hydrogens (tertiary/aromatic N) is 1. The van der Waals surface area contributed by atoms with Gasteiger partial charge >= 0.3 is 5.97 Å². The van der Waals surface area contributed by atoms with Crippen LogP contribution in [0.2, 0.25) is 5.02 Å². The number of hydrazone groups is 1. The van der Waals surface area contributed by atoms with E-state index >= 15 is 0 Å². The van der Waals surface area contributed by atoms with Crippen LogP contribution < -0.4 is 14.9 Å². The second-order valence-corrected chi connectivity index (χ2v) is 6.71. The van der Waals surface area contributed by atoms with Crippen molar-refractivity contribution in [3.05, 3.63) is 101 Å². The zero-order valence-corrected chi connectivity index (χ0v) is 17.2. The molecule has 1 N–H and O–H groups in total. The number of carbonyl (C=O) groups excluding carboxylic acids is 2. The number of hydrogen-bond donors (Lipinski definition) is 1. The maximum atomic E-state index is 11.9. The SMILES string of the molecule is O=C(COc1cccc(Cl)c1)N/N=C\c1ccc(OC(=O)/C=C/c2ccccc2)cc1. The first-order valence-electron chi connectivity index (χ1n) is 9.34. The maximum absolute atomic E-state index is 11.9. The lowest BCUT2D eigenvalue weighted by Gasteiger charge is -2.05. The Labute approximate surface area is 184 Å². The van der Waals surface area contributed by atoms with Gasteiger partial charge < -0.3 is 9.47 Å². The Kier molecular flexibility index (Phi) is 7.97. The highest BCUT2D eigenvalue weighted by Gasteiger charge is 2.03. The normalized spacial score (nSPS) is 10.9. The summed E-state index contributed by atoms with van der Waals surface area (Å²) >= 11 is 5.86. The van der Waals surface area contributed by atoms with E-state index in [1.54, 1.807) is 54.6 Å². The second-order valence-electron chi connectivity index (χ2n) is 6.27. The molecule has 0 aliphatic heterocycles.